The number of rotatable bonds is 0. The maximum Gasteiger partial charge on any atom is 0.419 e. The highest BCUT2D eigenvalue weighted by atomic mass is 35.5. The zero-order valence-electron chi connectivity index (χ0n) is 5.45. The fourth-order valence-electron chi connectivity index (χ4n) is 0.624. The largest absolute Gasteiger partial charge is 0.464 e. The summed E-state index contributed by atoms with van der Waals surface area (Å²) in [6.45, 7) is 0. The van der Waals surface area contributed by atoms with Gasteiger partial charge in [-0.1, -0.05) is 23.2 Å². The maximum absolute atomic E-state index is 10.4. The summed E-state index contributed by atoms with van der Waals surface area (Å²) in [7, 11) is 0. The Morgan fingerprint density at radius 3 is 2.58 bits per heavy atom. The molecule has 0 spiro atoms. The molecule has 1 heterocycles. The Balaban J connectivity index is 3.44. The number of hydrogen-bond donors (Lipinski definition) is 1. The van der Waals surface area contributed by atoms with Crippen LogP contribution in [0.5, 0.6) is 0 Å². The van der Waals surface area contributed by atoms with Gasteiger partial charge in [0, 0.05) is 0 Å². The molecular formula is C5HCl2N3O2. The fourth-order valence-corrected chi connectivity index (χ4v) is 0.983. The zero-order chi connectivity index (χ0) is 9.30. The van der Waals surface area contributed by atoms with Crippen LogP contribution in [0.3, 0.4) is 0 Å². The second kappa shape index (κ2) is 3.01. The lowest BCUT2D eigenvalue weighted by Crippen LogP contribution is -2.10. The van der Waals surface area contributed by atoms with E-state index in [1.54, 1.807) is 6.07 Å². The molecule has 0 amide bonds. The van der Waals surface area contributed by atoms with Crippen LogP contribution in [-0.2, 0) is 0 Å². The van der Waals surface area contributed by atoms with Crippen LogP contribution in [0.4, 0.5) is 4.79 Å². The second-order valence-corrected chi connectivity index (χ2v) is 2.46. The minimum Gasteiger partial charge on any atom is -0.464 e. The quantitative estimate of drug-likeness (QED) is 0.698. The van der Waals surface area contributed by atoms with Gasteiger partial charge < -0.3 is 5.11 Å². The van der Waals surface area contributed by atoms with Crippen molar-refractivity contribution in [2.24, 2.45) is 0 Å². The Morgan fingerprint density at radius 2 is 2.25 bits per heavy atom. The van der Waals surface area contributed by atoms with E-state index in [1.165, 1.54) is 0 Å². The van der Waals surface area contributed by atoms with E-state index in [0.29, 0.717) is 4.57 Å². The number of carboxylic acid groups (broad SMARTS) is 1. The zero-order valence-corrected chi connectivity index (χ0v) is 6.96. The first-order valence-corrected chi connectivity index (χ1v) is 3.40. The minimum atomic E-state index is -1.39. The summed E-state index contributed by atoms with van der Waals surface area (Å²) in [5, 5.41) is 16.4. The Hall–Kier alpha value is -1.25. The Morgan fingerprint density at radius 1 is 1.67 bits per heavy atom. The molecule has 0 aliphatic carbocycles. The third kappa shape index (κ3) is 1.22. The molecule has 1 N–H and O–H groups in total. The first-order valence-electron chi connectivity index (χ1n) is 2.65. The molecule has 0 atom stereocenters. The van der Waals surface area contributed by atoms with Gasteiger partial charge in [0.25, 0.3) is 0 Å². The van der Waals surface area contributed by atoms with Crippen LogP contribution in [0, 0.1) is 11.3 Å². The average Bonchev–Trinajstić information content (AvgIpc) is 2.28. The molecule has 1 aromatic heterocycles. The van der Waals surface area contributed by atoms with Crippen molar-refractivity contribution < 1.29 is 9.90 Å². The molecule has 0 aliphatic rings. The predicted octanol–water partition coefficient (Wildman–Crippen LogP) is 1.59. The van der Waals surface area contributed by atoms with Gasteiger partial charge in [0.15, 0.2) is 10.3 Å². The number of nitriles is 1. The number of carbonyl (C=O) groups is 1. The molecule has 0 saturated heterocycles. The summed E-state index contributed by atoms with van der Waals surface area (Å²) in [5.74, 6) is -0.350. The first-order chi connectivity index (χ1) is 5.57. The van der Waals surface area contributed by atoms with Gasteiger partial charge in [0.2, 0.25) is 5.82 Å². The average molecular weight is 206 g/mol. The normalized spacial score (nSPS) is 9.42. The van der Waals surface area contributed by atoms with Crippen LogP contribution < -0.4 is 0 Å². The summed E-state index contributed by atoms with van der Waals surface area (Å²) in [6, 6.07) is 1.54. The molecular weight excluding hydrogens is 205 g/mol. The van der Waals surface area contributed by atoms with Gasteiger partial charge in [-0.15, -0.1) is 0 Å². The third-order valence-corrected chi connectivity index (χ3v) is 1.78. The van der Waals surface area contributed by atoms with Crippen LogP contribution in [0.1, 0.15) is 5.82 Å². The lowest BCUT2D eigenvalue weighted by molar-refractivity contribution is 0.196. The Bertz CT molecular complexity index is 379. The predicted molar refractivity (Wildman–Crippen MR) is 40.4 cm³/mol. The van der Waals surface area contributed by atoms with Crippen molar-refractivity contribution in [1.29, 1.82) is 5.26 Å². The van der Waals surface area contributed by atoms with Gasteiger partial charge in [-0.3, -0.25) is 0 Å². The van der Waals surface area contributed by atoms with Crippen LogP contribution >= 0.6 is 23.2 Å². The molecule has 62 valence electrons. The molecule has 0 saturated carbocycles. The SMILES string of the molecule is N#Cc1nc(Cl)c(Cl)n1C(=O)O. The van der Waals surface area contributed by atoms with Gasteiger partial charge in [-0.25, -0.2) is 14.3 Å². The molecule has 0 radical (unpaired) electrons. The number of imidazole rings is 1. The van der Waals surface area contributed by atoms with E-state index in [9.17, 15) is 4.79 Å². The molecule has 1 rings (SSSR count). The topological polar surface area (TPSA) is 78.9 Å². The van der Waals surface area contributed by atoms with E-state index >= 15 is 0 Å². The summed E-state index contributed by atoms with van der Waals surface area (Å²) in [5.41, 5.74) is 0. The lowest BCUT2D eigenvalue weighted by Gasteiger charge is -1.94. The molecule has 0 fully saturated rings. The van der Waals surface area contributed by atoms with Crippen molar-refractivity contribution >= 4 is 29.3 Å². The van der Waals surface area contributed by atoms with E-state index < -0.39 is 6.09 Å². The standard InChI is InChI=1S/C5HCl2N3O2/c6-3-4(7)10(5(11)12)2(1-8)9-3/h(H,11,12). The Kier molecular flexibility index (Phi) is 2.22. The van der Waals surface area contributed by atoms with Crippen molar-refractivity contribution in [3.8, 4) is 6.07 Å². The lowest BCUT2D eigenvalue weighted by atomic mass is 10.7. The second-order valence-electron chi connectivity index (χ2n) is 1.75. The van der Waals surface area contributed by atoms with Crippen molar-refractivity contribution in [2.45, 2.75) is 0 Å². The van der Waals surface area contributed by atoms with Crippen LogP contribution in [0.15, 0.2) is 0 Å². The van der Waals surface area contributed by atoms with E-state index in [-0.39, 0.29) is 16.1 Å². The van der Waals surface area contributed by atoms with Gasteiger partial charge in [-0.2, -0.15) is 5.26 Å². The monoisotopic (exact) mass is 205 g/mol. The molecule has 5 nitrogen and oxygen atoms in total. The molecule has 1 aromatic rings. The first kappa shape index (κ1) is 8.84. The third-order valence-electron chi connectivity index (χ3n) is 1.07. The summed E-state index contributed by atoms with van der Waals surface area (Å²) in [4.78, 5) is 13.8. The number of hydrogen-bond acceptors (Lipinski definition) is 3. The van der Waals surface area contributed by atoms with Crippen LogP contribution in [0.25, 0.3) is 0 Å². The fraction of sp³-hybridized carbons (Fsp3) is 0. The highest BCUT2D eigenvalue weighted by Gasteiger charge is 2.18. The van der Waals surface area contributed by atoms with Crippen LogP contribution in [0.2, 0.25) is 10.3 Å². The minimum absolute atomic E-state index is 0.199. The Labute approximate surface area is 76.8 Å². The number of aromatic nitrogens is 2. The summed E-state index contributed by atoms with van der Waals surface area (Å²) < 4.78 is 0.504. The molecule has 0 bridgehead atoms. The molecule has 0 unspecified atom stereocenters. The van der Waals surface area contributed by atoms with E-state index in [4.69, 9.17) is 33.6 Å². The van der Waals surface area contributed by atoms with E-state index in [2.05, 4.69) is 4.98 Å². The molecule has 7 heteroatoms. The summed E-state index contributed by atoms with van der Waals surface area (Å²) in [6.07, 6.45) is -1.39. The van der Waals surface area contributed by atoms with Crippen molar-refractivity contribution in [3.05, 3.63) is 16.1 Å². The van der Waals surface area contributed by atoms with Crippen LogP contribution in [-0.4, -0.2) is 20.8 Å². The van der Waals surface area contributed by atoms with Crippen molar-refractivity contribution in [2.75, 3.05) is 0 Å². The molecule has 0 aliphatic heterocycles. The smallest absolute Gasteiger partial charge is 0.419 e. The summed E-state index contributed by atoms with van der Waals surface area (Å²) >= 11 is 10.8. The number of halogens is 2. The highest BCUT2D eigenvalue weighted by Crippen LogP contribution is 2.21. The van der Waals surface area contributed by atoms with E-state index in [0.717, 1.165) is 0 Å². The van der Waals surface area contributed by atoms with Gasteiger partial charge in [0.05, 0.1) is 0 Å². The number of nitrogens with zero attached hydrogens (tertiary/aromatic N) is 3. The van der Waals surface area contributed by atoms with E-state index in [1.807, 2.05) is 0 Å². The maximum atomic E-state index is 10.4. The van der Waals surface area contributed by atoms with Crippen molar-refractivity contribution in [1.82, 2.24) is 9.55 Å². The van der Waals surface area contributed by atoms with Gasteiger partial charge >= 0.3 is 6.09 Å². The molecule has 12 heavy (non-hydrogen) atoms. The van der Waals surface area contributed by atoms with Gasteiger partial charge in [-0.05, 0) is 0 Å². The van der Waals surface area contributed by atoms with Crippen molar-refractivity contribution in [3.63, 3.8) is 0 Å². The van der Waals surface area contributed by atoms with Gasteiger partial charge in [0.1, 0.15) is 6.07 Å². The molecule has 0 aromatic carbocycles. The highest BCUT2D eigenvalue weighted by molar-refractivity contribution is 6.41.